The van der Waals surface area contributed by atoms with Crippen LogP contribution < -0.4 is 5.32 Å². The highest BCUT2D eigenvalue weighted by molar-refractivity contribution is 7.91. The summed E-state index contributed by atoms with van der Waals surface area (Å²) in [4.78, 5) is 48.8. The highest BCUT2D eigenvalue weighted by atomic mass is 35.5. The first-order valence-corrected chi connectivity index (χ1v) is 13.1. The second-order valence-electron chi connectivity index (χ2n) is 8.23. The van der Waals surface area contributed by atoms with Crippen LogP contribution >= 0.6 is 11.6 Å². The van der Waals surface area contributed by atoms with Crippen LogP contribution in [0.3, 0.4) is 0 Å². The minimum atomic E-state index is -3.65. The lowest BCUT2D eigenvalue weighted by atomic mass is 10.1. The number of unbranched alkanes of at least 4 members (excludes halogenated alkanes) is 1. The van der Waals surface area contributed by atoms with Gasteiger partial charge in [0, 0.05) is 24.4 Å². The fourth-order valence-corrected chi connectivity index (χ4v) is 5.44. The van der Waals surface area contributed by atoms with E-state index in [1.165, 1.54) is 36.4 Å². The molecule has 3 aromatic rings. The topological polar surface area (TPSA) is 144 Å². The third kappa shape index (κ3) is 5.52. The summed E-state index contributed by atoms with van der Waals surface area (Å²) in [6, 6.07) is 15.5. The van der Waals surface area contributed by atoms with Gasteiger partial charge in [-0.2, -0.15) is 0 Å². The van der Waals surface area contributed by atoms with Crippen molar-refractivity contribution in [1.82, 2.24) is 4.90 Å². The molecule has 3 amide bonds. The molecule has 1 N–H and O–H groups in total. The van der Waals surface area contributed by atoms with E-state index >= 15 is 0 Å². The Morgan fingerprint density at radius 2 is 1.57 bits per heavy atom. The molecule has 0 aromatic heterocycles. The molecule has 1 heterocycles. The number of carbonyl (C=O) groups excluding carboxylic acids is 3. The van der Waals surface area contributed by atoms with Gasteiger partial charge >= 0.3 is 0 Å². The van der Waals surface area contributed by atoms with Crippen molar-refractivity contribution in [2.24, 2.45) is 0 Å². The molecule has 10 nitrogen and oxygen atoms in total. The first-order valence-electron chi connectivity index (χ1n) is 11.1. The molecule has 0 unspecified atom stereocenters. The summed E-state index contributed by atoms with van der Waals surface area (Å²) < 4.78 is 25.4. The molecule has 0 saturated heterocycles. The van der Waals surface area contributed by atoms with E-state index in [0.717, 1.165) is 11.0 Å². The number of fused-ring (bicyclic) bond motifs is 1. The number of rotatable bonds is 9. The van der Waals surface area contributed by atoms with E-state index in [1.807, 2.05) is 0 Å². The van der Waals surface area contributed by atoms with Crippen molar-refractivity contribution in [3.63, 3.8) is 0 Å². The molecule has 0 fully saturated rings. The monoisotopic (exact) mass is 541 g/mol. The van der Waals surface area contributed by atoms with Gasteiger partial charge < -0.3 is 5.32 Å². The van der Waals surface area contributed by atoms with Gasteiger partial charge in [0.2, 0.25) is 0 Å². The highest BCUT2D eigenvalue weighted by Gasteiger charge is 2.34. The van der Waals surface area contributed by atoms with Crippen molar-refractivity contribution >= 4 is 50.5 Å². The number of halogens is 1. The zero-order valence-corrected chi connectivity index (χ0v) is 20.8. The maximum Gasteiger partial charge on any atom is 0.270 e. The van der Waals surface area contributed by atoms with E-state index in [1.54, 1.807) is 24.3 Å². The van der Waals surface area contributed by atoms with Gasteiger partial charge in [0.1, 0.15) is 0 Å². The normalized spacial score (nSPS) is 12.9. The standard InChI is InChI=1S/C25H20ClN3O7S/c26-22-12-9-17(29(33)34)15-21(22)23(30)27-16-7-10-18(11-8-16)37(35,36)14-4-3-13-28-24(31)19-5-1-2-6-20(19)25(28)32/h1-2,5-12,15H,3-4,13-14H2,(H,27,30). The summed E-state index contributed by atoms with van der Waals surface area (Å²) in [5, 5.41) is 13.5. The smallest absolute Gasteiger partial charge is 0.270 e. The number of nitrogens with one attached hydrogen (secondary N) is 1. The Kier molecular flexibility index (Phi) is 7.37. The van der Waals surface area contributed by atoms with E-state index in [2.05, 4.69) is 5.32 Å². The van der Waals surface area contributed by atoms with Crippen LogP contribution in [0.25, 0.3) is 0 Å². The van der Waals surface area contributed by atoms with Crippen molar-refractivity contribution in [3.8, 4) is 0 Å². The van der Waals surface area contributed by atoms with Gasteiger partial charge in [-0.05, 0) is 55.3 Å². The zero-order chi connectivity index (χ0) is 26.7. The quantitative estimate of drug-likeness (QED) is 0.183. The van der Waals surface area contributed by atoms with Gasteiger partial charge in [0.25, 0.3) is 23.4 Å². The molecule has 0 bridgehead atoms. The zero-order valence-electron chi connectivity index (χ0n) is 19.2. The van der Waals surface area contributed by atoms with E-state index in [0.29, 0.717) is 17.5 Å². The summed E-state index contributed by atoms with van der Waals surface area (Å²) >= 11 is 5.99. The molecule has 3 aromatic carbocycles. The molecule has 0 saturated carbocycles. The summed E-state index contributed by atoms with van der Waals surface area (Å²) in [5.41, 5.74) is 0.585. The van der Waals surface area contributed by atoms with Crippen LogP contribution in [0.1, 0.15) is 43.9 Å². The van der Waals surface area contributed by atoms with Gasteiger partial charge in [-0.15, -0.1) is 0 Å². The predicted molar refractivity (Wildman–Crippen MR) is 136 cm³/mol. The molecule has 0 aliphatic carbocycles. The number of hydrogen-bond donors (Lipinski definition) is 1. The SMILES string of the molecule is O=C(Nc1ccc(S(=O)(=O)CCCCN2C(=O)c3ccccc3C2=O)cc1)c1cc([N+](=O)[O-])ccc1Cl. The lowest BCUT2D eigenvalue weighted by Crippen LogP contribution is -2.30. The second kappa shape index (κ2) is 10.5. The number of nitro groups is 1. The van der Waals surface area contributed by atoms with Crippen molar-refractivity contribution in [3.05, 3.63) is 98.6 Å². The number of imide groups is 1. The minimum Gasteiger partial charge on any atom is -0.322 e. The first-order chi connectivity index (χ1) is 17.6. The summed E-state index contributed by atoms with van der Waals surface area (Å²) in [7, 11) is -3.65. The van der Waals surface area contributed by atoms with Crippen LogP contribution in [0.2, 0.25) is 5.02 Å². The summed E-state index contributed by atoms with van der Waals surface area (Å²) in [6.45, 7) is 0.118. The molecular weight excluding hydrogens is 522 g/mol. The third-order valence-electron chi connectivity index (χ3n) is 5.80. The summed E-state index contributed by atoms with van der Waals surface area (Å²) in [5.74, 6) is -1.64. The Bertz CT molecular complexity index is 1490. The van der Waals surface area contributed by atoms with Crippen molar-refractivity contribution in [2.45, 2.75) is 17.7 Å². The van der Waals surface area contributed by atoms with Crippen LogP contribution in [0.4, 0.5) is 11.4 Å². The molecule has 37 heavy (non-hydrogen) atoms. The van der Waals surface area contributed by atoms with Gasteiger partial charge in [0.05, 0.1) is 37.3 Å². The highest BCUT2D eigenvalue weighted by Crippen LogP contribution is 2.25. The number of nitrogens with zero attached hydrogens (tertiary/aromatic N) is 2. The average molecular weight is 542 g/mol. The number of non-ortho nitro benzene ring substituents is 1. The molecular formula is C25H20ClN3O7S. The Morgan fingerprint density at radius 1 is 0.946 bits per heavy atom. The lowest BCUT2D eigenvalue weighted by Gasteiger charge is -2.13. The van der Waals surface area contributed by atoms with E-state index < -0.39 is 20.7 Å². The number of amides is 3. The van der Waals surface area contributed by atoms with Gasteiger partial charge in [0.15, 0.2) is 9.84 Å². The number of carbonyl (C=O) groups is 3. The maximum atomic E-state index is 12.7. The number of anilines is 1. The molecule has 1 aliphatic rings. The Labute approximate surface area is 216 Å². The van der Waals surface area contributed by atoms with Gasteiger partial charge in [-0.25, -0.2) is 8.42 Å². The van der Waals surface area contributed by atoms with E-state index in [4.69, 9.17) is 11.6 Å². The molecule has 190 valence electrons. The van der Waals surface area contributed by atoms with Crippen molar-refractivity contribution in [2.75, 3.05) is 17.6 Å². The molecule has 12 heteroatoms. The molecule has 0 radical (unpaired) electrons. The van der Waals surface area contributed by atoms with Crippen LogP contribution in [0, 0.1) is 10.1 Å². The molecule has 0 atom stereocenters. The number of nitro benzene ring substituents is 1. The molecule has 1 aliphatic heterocycles. The largest absolute Gasteiger partial charge is 0.322 e. The Morgan fingerprint density at radius 3 is 2.16 bits per heavy atom. The lowest BCUT2D eigenvalue weighted by molar-refractivity contribution is -0.384. The number of hydrogen-bond acceptors (Lipinski definition) is 7. The third-order valence-corrected chi connectivity index (χ3v) is 7.95. The minimum absolute atomic E-state index is 0.0310. The van der Waals surface area contributed by atoms with Gasteiger partial charge in [-0.1, -0.05) is 23.7 Å². The molecule has 0 spiro atoms. The van der Waals surface area contributed by atoms with Crippen LogP contribution in [0.5, 0.6) is 0 Å². The van der Waals surface area contributed by atoms with Crippen molar-refractivity contribution < 1.29 is 27.7 Å². The fraction of sp³-hybridized carbons (Fsp3) is 0.160. The second-order valence-corrected chi connectivity index (χ2v) is 10.7. The number of benzene rings is 3. The van der Waals surface area contributed by atoms with Crippen LogP contribution in [-0.4, -0.2) is 48.3 Å². The Balaban J connectivity index is 1.33. The predicted octanol–water partition coefficient (Wildman–Crippen LogP) is 4.35. The van der Waals surface area contributed by atoms with E-state index in [-0.39, 0.29) is 57.4 Å². The van der Waals surface area contributed by atoms with Crippen molar-refractivity contribution in [1.29, 1.82) is 0 Å². The van der Waals surface area contributed by atoms with E-state index in [9.17, 15) is 32.9 Å². The molecule has 4 rings (SSSR count). The van der Waals surface area contributed by atoms with Crippen LogP contribution in [-0.2, 0) is 9.84 Å². The average Bonchev–Trinajstić information content (AvgIpc) is 3.12. The Hall–Kier alpha value is -4.09. The fourth-order valence-electron chi connectivity index (χ4n) is 3.87. The summed E-state index contributed by atoms with van der Waals surface area (Å²) in [6.07, 6.45) is 0.558. The van der Waals surface area contributed by atoms with Crippen LogP contribution in [0.15, 0.2) is 71.6 Å². The maximum absolute atomic E-state index is 12.7. The van der Waals surface area contributed by atoms with Gasteiger partial charge in [-0.3, -0.25) is 29.4 Å². The number of sulfone groups is 1. The first kappa shape index (κ1) is 26.0.